The largest absolute Gasteiger partial charge is 0.504 e. The van der Waals surface area contributed by atoms with Gasteiger partial charge in [0.1, 0.15) is 0 Å². The molecule has 88 valence electrons. The molecule has 0 radical (unpaired) electrons. The summed E-state index contributed by atoms with van der Waals surface area (Å²) in [5.41, 5.74) is 8.14. The Bertz CT molecular complexity index is 397. The van der Waals surface area contributed by atoms with Crippen molar-refractivity contribution in [1.29, 1.82) is 0 Å². The summed E-state index contributed by atoms with van der Waals surface area (Å²) in [4.78, 5) is 0. The van der Waals surface area contributed by atoms with Crippen molar-refractivity contribution in [2.75, 3.05) is 7.11 Å². The van der Waals surface area contributed by atoms with Gasteiger partial charge in [-0.15, -0.1) is 0 Å². The smallest absolute Gasteiger partial charge is 0.161 e. The average molecular weight is 221 g/mol. The lowest BCUT2D eigenvalue weighted by Crippen LogP contribution is -2.25. The van der Waals surface area contributed by atoms with Crippen LogP contribution >= 0.6 is 0 Å². The molecule has 0 heterocycles. The second-order valence-corrected chi connectivity index (χ2v) is 4.65. The van der Waals surface area contributed by atoms with Gasteiger partial charge in [0.05, 0.1) is 7.11 Å². The number of hydrogen-bond acceptors (Lipinski definition) is 3. The quantitative estimate of drug-likeness (QED) is 0.817. The van der Waals surface area contributed by atoms with E-state index in [2.05, 4.69) is 6.92 Å². The predicted octanol–water partition coefficient (Wildman–Crippen LogP) is 2.00. The molecule has 2 rings (SSSR count). The van der Waals surface area contributed by atoms with Gasteiger partial charge in [0.2, 0.25) is 0 Å². The fraction of sp³-hybridized carbons (Fsp3) is 0.538. The first-order valence-corrected chi connectivity index (χ1v) is 5.76. The van der Waals surface area contributed by atoms with Gasteiger partial charge in [0, 0.05) is 11.1 Å². The number of methoxy groups -OCH3 is 1. The fourth-order valence-electron chi connectivity index (χ4n) is 2.04. The summed E-state index contributed by atoms with van der Waals surface area (Å²) in [7, 11) is 1.57. The normalized spacial score (nSPS) is 17.2. The lowest BCUT2D eigenvalue weighted by molar-refractivity contribution is 0.369. The van der Waals surface area contributed by atoms with Gasteiger partial charge in [0.25, 0.3) is 0 Å². The zero-order chi connectivity index (χ0) is 11.8. The fourth-order valence-corrected chi connectivity index (χ4v) is 2.04. The van der Waals surface area contributed by atoms with Gasteiger partial charge in [-0.1, -0.05) is 13.0 Å². The molecule has 3 heteroatoms. The maximum absolute atomic E-state index is 10.1. The number of phenolic OH excluding ortho intramolecular Hbond substituents is 1. The van der Waals surface area contributed by atoms with Gasteiger partial charge in [0.15, 0.2) is 11.5 Å². The van der Waals surface area contributed by atoms with Crippen molar-refractivity contribution >= 4 is 0 Å². The van der Waals surface area contributed by atoms with Gasteiger partial charge in [-0.2, -0.15) is 0 Å². The van der Waals surface area contributed by atoms with Crippen LogP contribution in [0.15, 0.2) is 12.1 Å². The highest BCUT2D eigenvalue weighted by atomic mass is 16.5. The first-order chi connectivity index (χ1) is 7.59. The van der Waals surface area contributed by atoms with Crippen molar-refractivity contribution in [3.63, 3.8) is 0 Å². The zero-order valence-electron chi connectivity index (χ0n) is 9.92. The van der Waals surface area contributed by atoms with Crippen LogP contribution in [0.5, 0.6) is 11.5 Å². The van der Waals surface area contributed by atoms with Crippen LogP contribution in [0, 0.1) is 0 Å². The van der Waals surface area contributed by atoms with Gasteiger partial charge >= 0.3 is 0 Å². The molecule has 0 bridgehead atoms. The predicted molar refractivity (Wildman–Crippen MR) is 63.9 cm³/mol. The SMILES string of the molecule is CCc1ccc(OC)c(O)c1CC1(N)CC1. The highest BCUT2D eigenvalue weighted by molar-refractivity contribution is 5.51. The molecular weight excluding hydrogens is 202 g/mol. The van der Waals surface area contributed by atoms with Crippen LogP contribution in [-0.2, 0) is 12.8 Å². The van der Waals surface area contributed by atoms with E-state index in [-0.39, 0.29) is 11.3 Å². The summed E-state index contributed by atoms with van der Waals surface area (Å²) in [6, 6.07) is 3.83. The molecule has 1 aromatic rings. The molecule has 1 fully saturated rings. The number of nitrogens with two attached hydrogens (primary N) is 1. The summed E-state index contributed by atoms with van der Waals surface area (Å²) < 4.78 is 5.13. The minimum absolute atomic E-state index is 0.0895. The van der Waals surface area contributed by atoms with Crippen LogP contribution in [0.25, 0.3) is 0 Å². The topological polar surface area (TPSA) is 55.5 Å². The highest BCUT2D eigenvalue weighted by Gasteiger charge is 2.39. The number of benzene rings is 1. The average Bonchev–Trinajstić information content (AvgIpc) is 2.99. The third-order valence-corrected chi connectivity index (χ3v) is 3.36. The third-order valence-electron chi connectivity index (χ3n) is 3.36. The standard InChI is InChI=1S/C13H19NO2/c1-3-9-4-5-11(16-2)12(15)10(9)8-13(14)6-7-13/h4-5,15H,3,6-8,14H2,1-2H3. The van der Waals surface area contributed by atoms with Gasteiger partial charge in [-0.25, -0.2) is 0 Å². The first kappa shape index (κ1) is 11.3. The summed E-state index contributed by atoms with van der Waals surface area (Å²) in [5, 5.41) is 10.1. The van der Waals surface area contributed by atoms with E-state index in [1.54, 1.807) is 7.11 Å². The van der Waals surface area contributed by atoms with E-state index in [1.807, 2.05) is 12.1 Å². The Kier molecular flexibility index (Phi) is 2.80. The number of phenols is 1. The van der Waals surface area contributed by atoms with Crippen LogP contribution < -0.4 is 10.5 Å². The lowest BCUT2D eigenvalue weighted by Gasteiger charge is -2.16. The molecule has 3 nitrogen and oxygen atoms in total. The molecule has 1 aliphatic rings. The van der Waals surface area contributed by atoms with Gasteiger partial charge < -0.3 is 15.6 Å². The minimum atomic E-state index is -0.0895. The Hall–Kier alpha value is -1.22. The third kappa shape index (κ3) is 2.00. The van der Waals surface area contributed by atoms with Crippen molar-refractivity contribution in [2.45, 2.75) is 38.1 Å². The molecule has 3 N–H and O–H groups in total. The Labute approximate surface area is 96.2 Å². The molecule has 0 aliphatic heterocycles. The summed E-state index contributed by atoms with van der Waals surface area (Å²) in [6.45, 7) is 2.08. The first-order valence-electron chi connectivity index (χ1n) is 5.76. The molecule has 1 aliphatic carbocycles. The molecule has 0 saturated heterocycles. The molecule has 0 aromatic heterocycles. The van der Waals surface area contributed by atoms with Crippen molar-refractivity contribution in [3.05, 3.63) is 23.3 Å². The Morgan fingerprint density at radius 3 is 2.62 bits per heavy atom. The van der Waals surface area contributed by atoms with Crippen molar-refractivity contribution in [1.82, 2.24) is 0 Å². The second-order valence-electron chi connectivity index (χ2n) is 4.65. The second kappa shape index (κ2) is 3.98. The molecule has 0 atom stereocenters. The summed E-state index contributed by atoms with van der Waals surface area (Å²) in [5.74, 6) is 0.801. The Morgan fingerprint density at radius 1 is 1.44 bits per heavy atom. The van der Waals surface area contributed by atoms with Crippen LogP contribution in [-0.4, -0.2) is 17.8 Å². The van der Waals surface area contributed by atoms with Crippen LogP contribution in [0.3, 0.4) is 0 Å². The van der Waals surface area contributed by atoms with Crippen molar-refractivity contribution < 1.29 is 9.84 Å². The van der Waals surface area contributed by atoms with Crippen molar-refractivity contribution in [2.24, 2.45) is 5.73 Å². The van der Waals surface area contributed by atoms with E-state index in [0.717, 1.165) is 36.8 Å². The Morgan fingerprint density at radius 2 is 2.12 bits per heavy atom. The molecule has 1 saturated carbocycles. The zero-order valence-corrected chi connectivity index (χ0v) is 9.92. The van der Waals surface area contributed by atoms with E-state index < -0.39 is 0 Å². The van der Waals surface area contributed by atoms with E-state index in [4.69, 9.17) is 10.5 Å². The molecule has 1 aromatic carbocycles. The molecule has 0 spiro atoms. The molecular formula is C13H19NO2. The number of hydrogen-bond donors (Lipinski definition) is 2. The van der Waals surface area contributed by atoms with E-state index in [1.165, 1.54) is 0 Å². The van der Waals surface area contributed by atoms with Crippen molar-refractivity contribution in [3.8, 4) is 11.5 Å². The van der Waals surface area contributed by atoms with E-state index >= 15 is 0 Å². The maximum atomic E-state index is 10.1. The van der Waals surface area contributed by atoms with Crippen LogP contribution in [0.4, 0.5) is 0 Å². The molecule has 16 heavy (non-hydrogen) atoms. The van der Waals surface area contributed by atoms with Crippen LogP contribution in [0.1, 0.15) is 30.9 Å². The van der Waals surface area contributed by atoms with Gasteiger partial charge in [-0.05, 0) is 37.3 Å². The molecule has 0 amide bonds. The van der Waals surface area contributed by atoms with E-state index in [0.29, 0.717) is 5.75 Å². The minimum Gasteiger partial charge on any atom is -0.504 e. The van der Waals surface area contributed by atoms with E-state index in [9.17, 15) is 5.11 Å². The summed E-state index contributed by atoms with van der Waals surface area (Å²) >= 11 is 0. The van der Waals surface area contributed by atoms with Crippen LogP contribution in [0.2, 0.25) is 0 Å². The Balaban J connectivity index is 2.38. The lowest BCUT2D eigenvalue weighted by atomic mass is 9.96. The number of aromatic hydroxyl groups is 1. The monoisotopic (exact) mass is 221 g/mol. The molecule has 0 unspecified atom stereocenters. The van der Waals surface area contributed by atoms with Gasteiger partial charge in [-0.3, -0.25) is 0 Å². The highest BCUT2D eigenvalue weighted by Crippen LogP contribution is 2.41. The number of ether oxygens (including phenoxy) is 1. The summed E-state index contributed by atoms with van der Waals surface area (Å²) in [6.07, 6.45) is 3.75. The number of rotatable bonds is 4. The maximum Gasteiger partial charge on any atom is 0.161 e. The number of aryl methyl sites for hydroxylation is 1.